The number of methoxy groups -OCH3 is 1. The standard InChI is InChI=1S/C21H24N2O3S/c1-14-10-18-20(27-14)11-19(21(24)22-12-17-4-3-9-26-17)23(18)13-15-5-7-16(25-2)8-6-15/h5-8,10-11,17H,3-4,9,12-13H2,1-2H3,(H,22,24). The van der Waals surface area contributed by atoms with E-state index in [1.54, 1.807) is 18.4 Å². The maximum Gasteiger partial charge on any atom is 0.268 e. The molecule has 1 atom stereocenters. The Morgan fingerprint density at radius 3 is 2.85 bits per heavy atom. The number of rotatable bonds is 6. The van der Waals surface area contributed by atoms with Crippen molar-refractivity contribution >= 4 is 27.5 Å². The molecule has 0 spiro atoms. The number of nitrogens with one attached hydrogen (secondary N) is 1. The number of thiophene rings is 1. The van der Waals surface area contributed by atoms with Gasteiger partial charge in [0, 0.05) is 24.6 Å². The third kappa shape index (κ3) is 3.87. The zero-order chi connectivity index (χ0) is 18.8. The van der Waals surface area contributed by atoms with Crippen molar-refractivity contribution in [3.63, 3.8) is 0 Å². The minimum Gasteiger partial charge on any atom is -0.497 e. The van der Waals surface area contributed by atoms with E-state index in [0.29, 0.717) is 18.8 Å². The molecular weight excluding hydrogens is 360 g/mol. The second-order valence-electron chi connectivity index (χ2n) is 6.92. The second kappa shape index (κ2) is 7.74. The number of carbonyl (C=O) groups excluding carboxylic acids is 1. The largest absolute Gasteiger partial charge is 0.497 e. The van der Waals surface area contributed by atoms with E-state index >= 15 is 0 Å². The van der Waals surface area contributed by atoms with Crippen LogP contribution in [0.15, 0.2) is 36.4 Å². The molecule has 27 heavy (non-hydrogen) atoms. The molecule has 1 aliphatic heterocycles. The van der Waals surface area contributed by atoms with Crippen molar-refractivity contribution in [2.75, 3.05) is 20.3 Å². The van der Waals surface area contributed by atoms with E-state index in [-0.39, 0.29) is 12.0 Å². The van der Waals surface area contributed by atoms with Gasteiger partial charge in [-0.1, -0.05) is 12.1 Å². The van der Waals surface area contributed by atoms with E-state index in [4.69, 9.17) is 9.47 Å². The van der Waals surface area contributed by atoms with Gasteiger partial charge in [0.05, 0.1) is 23.4 Å². The number of aromatic nitrogens is 1. The Hall–Kier alpha value is -2.31. The second-order valence-corrected chi connectivity index (χ2v) is 8.20. The van der Waals surface area contributed by atoms with E-state index in [9.17, 15) is 4.79 Å². The molecule has 4 rings (SSSR count). The molecular formula is C21H24N2O3S. The third-order valence-electron chi connectivity index (χ3n) is 4.96. The summed E-state index contributed by atoms with van der Waals surface area (Å²) in [5.74, 6) is 0.789. The molecule has 0 aliphatic carbocycles. The lowest BCUT2D eigenvalue weighted by Gasteiger charge is -2.13. The van der Waals surface area contributed by atoms with Gasteiger partial charge >= 0.3 is 0 Å². The topological polar surface area (TPSA) is 52.5 Å². The number of carbonyl (C=O) groups is 1. The molecule has 0 saturated carbocycles. The first-order valence-corrected chi connectivity index (χ1v) is 10.1. The number of hydrogen-bond acceptors (Lipinski definition) is 4. The summed E-state index contributed by atoms with van der Waals surface area (Å²) in [6, 6.07) is 12.1. The number of hydrogen-bond donors (Lipinski definition) is 1. The molecule has 1 saturated heterocycles. The predicted octanol–water partition coefficient (Wildman–Crippen LogP) is 3.98. The Balaban J connectivity index is 1.60. The Kier molecular flexibility index (Phi) is 5.18. The van der Waals surface area contributed by atoms with Gasteiger partial charge in [-0.05, 0) is 49.6 Å². The first-order chi connectivity index (χ1) is 13.1. The van der Waals surface area contributed by atoms with Crippen molar-refractivity contribution in [3.05, 3.63) is 52.5 Å². The summed E-state index contributed by atoms with van der Waals surface area (Å²) in [7, 11) is 1.66. The lowest BCUT2D eigenvalue weighted by atomic mass is 10.2. The molecule has 1 amide bonds. The normalized spacial score (nSPS) is 16.7. The summed E-state index contributed by atoms with van der Waals surface area (Å²) in [5.41, 5.74) is 2.94. The zero-order valence-corrected chi connectivity index (χ0v) is 16.5. The Morgan fingerprint density at radius 1 is 1.33 bits per heavy atom. The van der Waals surface area contributed by atoms with Crippen molar-refractivity contribution in [2.45, 2.75) is 32.4 Å². The van der Waals surface area contributed by atoms with Crippen LogP contribution in [-0.2, 0) is 11.3 Å². The Bertz CT molecular complexity index is 936. The minimum absolute atomic E-state index is 0.0416. The fourth-order valence-corrected chi connectivity index (χ4v) is 4.50. The van der Waals surface area contributed by atoms with E-state index in [0.717, 1.165) is 41.0 Å². The van der Waals surface area contributed by atoms with E-state index in [1.807, 2.05) is 30.3 Å². The predicted molar refractivity (Wildman–Crippen MR) is 108 cm³/mol. The molecule has 0 bridgehead atoms. The van der Waals surface area contributed by atoms with Crippen LogP contribution in [0, 0.1) is 6.92 Å². The molecule has 1 aliphatic rings. The minimum atomic E-state index is -0.0416. The highest BCUT2D eigenvalue weighted by molar-refractivity contribution is 7.19. The summed E-state index contributed by atoms with van der Waals surface area (Å²) in [6.45, 7) is 4.11. The third-order valence-corrected chi connectivity index (χ3v) is 5.95. The number of benzene rings is 1. The quantitative estimate of drug-likeness (QED) is 0.699. The highest BCUT2D eigenvalue weighted by atomic mass is 32.1. The molecule has 1 fully saturated rings. The van der Waals surface area contributed by atoms with Gasteiger partial charge in [0.2, 0.25) is 0 Å². The van der Waals surface area contributed by atoms with Gasteiger partial charge in [0.1, 0.15) is 11.4 Å². The van der Waals surface area contributed by atoms with Gasteiger partial charge < -0.3 is 19.4 Å². The summed E-state index contributed by atoms with van der Waals surface area (Å²) in [6.07, 6.45) is 2.23. The summed E-state index contributed by atoms with van der Waals surface area (Å²) >= 11 is 1.72. The number of fused-ring (bicyclic) bond motifs is 1. The van der Waals surface area contributed by atoms with Crippen LogP contribution >= 0.6 is 11.3 Å². The number of nitrogens with zero attached hydrogens (tertiary/aromatic N) is 1. The monoisotopic (exact) mass is 384 g/mol. The van der Waals surface area contributed by atoms with Crippen LogP contribution in [0.1, 0.15) is 33.8 Å². The molecule has 1 unspecified atom stereocenters. The molecule has 3 aromatic rings. The Morgan fingerprint density at radius 2 is 2.15 bits per heavy atom. The van der Waals surface area contributed by atoms with Crippen molar-refractivity contribution in [1.29, 1.82) is 0 Å². The van der Waals surface area contributed by atoms with Crippen LogP contribution in [0.3, 0.4) is 0 Å². The molecule has 1 N–H and O–H groups in total. The fourth-order valence-electron chi connectivity index (χ4n) is 3.54. The molecule has 6 heteroatoms. The average Bonchev–Trinajstić information content (AvgIpc) is 3.38. The van der Waals surface area contributed by atoms with Crippen LogP contribution in [0.4, 0.5) is 0 Å². The van der Waals surface area contributed by atoms with Crippen molar-refractivity contribution < 1.29 is 14.3 Å². The van der Waals surface area contributed by atoms with Crippen LogP contribution < -0.4 is 10.1 Å². The maximum atomic E-state index is 12.9. The summed E-state index contributed by atoms with van der Waals surface area (Å²) in [4.78, 5) is 14.1. The Labute approximate surface area is 162 Å². The van der Waals surface area contributed by atoms with E-state index < -0.39 is 0 Å². The average molecular weight is 385 g/mol. The van der Waals surface area contributed by atoms with Gasteiger partial charge in [-0.3, -0.25) is 4.79 Å². The van der Waals surface area contributed by atoms with Crippen molar-refractivity contribution in [1.82, 2.24) is 9.88 Å². The van der Waals surface area contributed by atoms with Crippen LogP contribution in [0.2, 0.25) is 0 Å². The van der Waals surface area contributed by atoms with Gasteiger partial charge in [-0.25, -0.2) is 0 Å². The fraction of sp³-hybridized carbons (Fsp3) is 0.381. The lowest BCUT2D eigenvalue weighted by Crippen LogP contribution is -2.33. The number of aryl methyl sites for hydroxylation is 1. The smallest absolute Gasteiger partial charge is 0.268 e. The van der Waals surface area contributed by atoms with E-state index in [1.165, 1.54) is 4.88 Å². The van der Waals surface area contributed by atoms with Crippen LogP contribution in [0.5, 0.6) is 5.75 Å². The van der Waals surface area contributed by atoms with Gasteiger partial charge in [0.15, 0.2) is 0 Å². The van der Waals surface area contributed by atoms with Crippen molar-refractivity contribution in [3.8, 4) is 5.75 Å². The molecule has 2 aromatic heterocycles. The van der Waals surface area contributed by atoms with Gasteiger partial charge in [0.25, 0.3) is 5.91 Å². The molecule has 0 radical (unpaired) electrons. The van der Waals surface area contributed by atoms with Gasteiger partial charge in [-0.15, -0.1) is 11.3 Å². The molecule has 1 aromatic carbocycles. The van der Waals surface area contributed by atoms with Crippen LogP contribution in [0.25, 0.3) is 10.2 Å². The molecule has 3 heterocycles. The summed E-state index contributed by atoms with van der Waals surface area (Å²) < 4.78 is 14.1. The molecule has 5 nitrogen and oxygen atoms in total. The summed E-state index contributed by atoms with van der Waals surface area (Å²) in [5, 5.41) is 3.05. The maximum absolute atomic E-state index is 12.9. The van der Waals surface area contributed by atoms with E-state index in [2.05, 4.69) is 22.9 Å². The zero-order valence-electron chi connectivity index (χ0n) is 15.7. The van der Waals surface area contributed by atoms with Gasteiger partial charge in [-0.2, -0.15) is 0 Å². The molecule has 142 valence electrons. The first kappa shape index (κ1) is 18.1. The number of ether oxygens (including phenoxy) is 2. The van der Waals surface area contributed by atoms with Crippen LogP contribution in [-0.4, -0.2) is 36.8 Å². The first-order valence-electron chi connectivity index (χ1n) is 9.26. The lowest BCUT2D eigenvalue weighted by molar-refractivity contribution is 0.0851. The van der Waals surface area contributed by atoms with Crippen molar-refractivity contribution in [2.24, 2.45) is 0 Å². The SMILES string of the molecule is COc1ccc(Cn2c(C(=O)NCC3CCCO3)cc3sc(C)cc32)cc1. The highest BCUT2D eigenvalue weighted by Gasteiger charge is 2.20. The highest BCUT2D eigenvalue weighted by Crippen LogP contribution is 2.29. The number of amides is 1.